The first-order valence-corrected chi connectivity index (χ1v) is 9.22. The molecule has 0 saturated carbocycles. The Bertz CT molecular complexity index is 783. The number of rotatable bonds is 6. The number of ether oxygens (including phenoxy) is 3. The molecule has 152 valence electrons. The van der Waals surface area contributed by atoms with E-state index in [1.807, 2.05) is 56.3 Å². The summed E-state index contributed by atoms with van der Waals surface area (Å²) in [7, 11) is 1.75. The van der Waals surface area contributed by atoms with Crippen LogP contribution in [0.1, 0.15) is 19.4 Å². The van der Waals surface area contributed by atoms with E-state index in [2.05, 4.69) is 21.7 Å². The van der Waals surface area contributed by atoms with Crippen molar-refractivity contribution in [3.05, 3.63) is 54.1 Å². The number of hydrogen-bond acceptors (Lipinski definition) is 4. The summed E-state index contributed by atoms with van der Waals surface area (Å²) in [5, 5.41) is 6.60. The van der Waals surface area contributed by atoms with Crippen LogP contribution in [0.25, 0.3) is 0 Å². The van der Waals surface area contributed by atoms with Gasteiger partial charge in [0.1, 0.15) is 18.5 Å². The van der Waals surface area contributed by atoms with Crippen LogP contribution in [0.3, 0.4) is 0 Å². The molecule has 1 aliphatic heterocycles. The Balaban J connectivity index is 0.00000280. The summed E-state index contributed by atoms with van der Waals surface area (Å²) in [6, 6.07) is 15.8. The smallest absolute Gasteiger partial charge is 0.191 e. The molecule has 0 amide bonds. The van der Waals surface area contributed by atoms with Gasteiger partial charge in [-0.05, 0) is 43.7 Å². The average Bonchev–Trinajstić information content (AvgIpc) is 2.68. The maximum absolute atomic E-state index is 5.96. The minimum absolute atomic E-state index is 0. The molecular formula is C21H28IN3O3. The second kappa shape index (κ2) is 11.0. The molecule has 1 atom stereocenters. The second-order valence-electron chi connectivity index (χ2n) is 6.62. The van der Waals surface area contributed by atoms with Gasteiger partial charge < -0.3 is 24.8 Å². The van der Waals surface area contributed by atoms with Crippen molar-refractivity contribution >= 4 is 29.9 Å². The molecule has 0 aromatic heterocycles. The molecule has 28 heavy (non-hydrogen) atoms. The van der Waals surface area contributed by atoms with E-state index in [4.69, 9.17) is 14.2 Å². The minimum atomic E-state index is -0.0683. The summed E-state index contributed by atoms with van der Waals surface area (Å²) in [4.78, 5) is 4.27. The molecule has 1 aliphatic rings. The number of halogens is 1. The van der Waals surface area contributed by atoms with E-state index in [-0.39, 0.29) is 36.2 Å². The van der Waals surface area contributed by atoms with Crippen LogP contribution in [0.4, 0.5) is 0 Å². The summed E-state index contributed by atoms with van der Waals surface area (Å²) < 4.78 is 17.4. The molecule has 0 saturated heterocycles. The Morgan fingerprint density at radius 1 is 1.14 bits per heavy atom. The Labute approximate surface area is 183 Å². The number of benzene rings is 2. The standard InChI is InChI=1S/C21H27N3O3.HI/c1-15(2)26-17-8-6-7-16(11-17)12-23-21(22-3)24-13-18-14-25-19-9-4-5-10-20(19)27-18;/h4-11,15,18H,12-14H2,1-3H3,(H2,22,23,24);1H. The summed E-state index contributed by atoms with van der Waals surface area (Å²) in [6.45, 7) is 5.80. The zero-order chi connectivity index (χ0) is 19.1. The highest BCUT2D eigenvalue weighted by Crippen LogP contribution is 2.30. The monoisotopic (exact) mass is 497 g/mol. The van der Waals surface area contributed by atoms with Gasteiger partial charge in [0.25, 0.3) is 0 Å². The lowest BCUT2D eigenvalue weighted by Gasteiger charge is -2.27. The zero-order valence-corrected chi connectivity index (χ0v) is 18.8. The van der Waals surface area contributed by atoms with Crippen molar-refractivity contribution in [3.8, 4) is 17.2 Å². The van der Waals surface area contributed by atoms with Crippen LogP contribution in [0.5, 0.6) is 17.2 Å². The van der Waals surface area contributed by atoms with E-state index in [0.717, 1.165) is 22.8 Å². The summed E-state index contributed by atoms with van der Waals surface area (Å²) in [5.41, 5.74) is 1.13. The van der Waals surface area contributed by atoms with Gasteiger partial charge in [-0.3, -0.25) is 4.99 Å². The molecule has 1 heterocycles. The van der Waals surface area contributed by atoms with E-state index in [9.17, 15) is 0 Å². The van der Waals surface area contributed by atoms with Gasteiger partial charge in [0.2, 0.25) is 0 Å². The number of hydrogen-bond donors (Lipinski definition) is 2. The third kappa shape index (κ3) is 6.47. The van der Waals surface area contributed by atoms with Crippen LogP contribution < -0.4 is 24.8 Å². The van der Waals surface area contributed by atoms with Gasteiger partial charge in [0.05, 0.1) is 12.6 Å². The number of nitrogens with one attached hydrogen (secondary N) is 2. The van der Waals surface area contributed by atoms with Crippen molar-refractivity contribution in [1.29, 1.82) is 0 Å². The normalized spacial score (nSPS) is 15.6. The average molecular weight is 497 g/mol. The van der Waals surface area contributed by atoms with Crippen molar-refractivity contribution in [1.82, 2.24) is 10.6 Å². The van der Waals surface area contributed by atoms with E-state index in [0.29, 0.717) is 25.7 Å². The van der Waals surface area contributed by atoms with E-state index in [1.165, 1.54) is 0 Å². The van der Waals surface area contributed by atoms with Gasteiger partial charge in [-0.25, -0.2) is 0 Å². The van der Waals surface area contributed by atoms with Gasteiger partial charge in [0.15, 0.2) is 17.5 Å². The largest absolute Gasteiger partial charge is 0.491 e. The molecule has 2 aromatic carbocycles. The van der Waals surface area contributed by atoms with Crippen LogP contribution in [-0.4, -0.2) is 38.4 Å². The maximum atomic E-state index is 5.96. The highest BCUT2D eigenvalue weighted by atomic mass is 127. The molecule has 0 fully saturated rings. The first-order valence-electron chi connectivity index (χ1n) is 9.22. The van der Waals surface area contributed by atoms with Gasteiger partial charge in [-0.2, -0.15) is 0 Å². The number of aliphatic imine (C=N–C) groups is 1. The van der Waals surface area contributed by atoms with Crippen LogP contribution in [0.2, 0.25) is 0 Å². The topological polar surface area (TPSA) is 64.1 Å². The van der Waals surface area contributed by atoms with Crippen molar-refractivity contribution < 1.29 is 14.2 Å². The molecule has 7 heteroatoms. The first kappa shape index (κ1) is 22.1. The molecule has 0 aliphatic carbocycles. The van der Waals surface area contributed by atoms with Crippen LogP contribution in [0, 0.1) is 0 Å². The summed E-state index contributed by atoms with van der Waals surface area (Å²) in [5.74, 6) is 3.16. The van der Waals surface area contributed by atoms with E-state index < -0.39 is 0 Å². The highest BCUT2D eigenvalue weighted by molar-refractivity contribution is 14.0. The Hall–Kier alpha value is -2.16. The van der Waals surface area contributed by atoms with Crippen LogP contribution >= 0.6 is 24.0 Å². The Morgan fingerprint density at radius 2 is 1.93 bits per heavy atom. The summed E-state index contributed by atoms with van der Waals surface area (Å²) in [6.07, 6.45) is 0.0895. The number of para-hydroxylation sites is 2. The van der Waals surface area contributed by atoms with Crippen molar-refractivity contribution in [2.45, 2.75) is 32.6 Å². The number of guanidine groups is 1. The molecule has 6 nitrogen and oxygen atoms in total. The maximum Gasteiger partial charge on any atom is 0.191 e. The Morgan fingerprint density at radius 3 is 2.68 bits per heavy atom. The molecule has 0 bridgehead atoms. The van der Waals surface area contributed by atoms with Crippen LogP contribution in [-0.2, 0) is 6.54 Å². The van der Waals surface area contributed by atoms with Gasteiger partial charge in [-0.15, -0.1) is 24.0 Å². The third-order valence-corrected chi connectivity index (χ3v) is 4.02. The minimum Gasteiger partial charge on any atom is -0.491 e. The number of fused-ring (bicyclic) bond motifs is 1. The molecular weight excluding hydrogens is 469 g/mol. The molecule has 2 N–H and O–H groups in total. The van der Waals surface area contributed by atoms with Crippen molar-refractivity contribution in [2.75, 3.05) is 20.2 Å². The van der Waals surface area contributed by atoms with Crippen molar-refractivity contribution in [2.24, 2.45) is 4.99 Å². The van der Waals surface area contributed by atoms with Crippen molar-refractivity contribution in [3.63, 3.8) is 0 Å². The van der Waals surface area contributed by atoms with Gasteiger partial charge >= 0.3 is 0 Å². The SMILES string of the molecule is CN=C(NCc1cccc(OC(C)C)c1)NCC1COc2ccccc2O1.I. The molecule has 2 aromatic rings. The van der Waals surface area contributed by atoms with Gasteiger partial charge in [-0.1, -0.05) is 24.3 Å². The van der Waals surface area contributed by atoms with Gasteiger partial charge in [0, 0.05) is 13.6 Å². The lowest BCUT2D eigenvalue weighted by atomic mass is 10.2. The molecule has 3 rings (SSSR count). The number of nitrogens with zero attached hydrogens (tertiary/aromatic N) is 1. The fourth-order valence-electron chi connectivity index (χ4n) is 2.78. The highest BCUT2D eigenvalue weighted by Gasteiger charge is 2.20. The van der Waals surface area contributed by atoms with Crippen LogP contribution in [0.15, 0.2) is 53.5 Å². The quantitative estimate of drug-likeness (QED) is 0.363. The lowest BCUT2D eigenvalue weighted by Crippen LogP contribution is -2.45. The fraction of sp³-hybridized carbons (Fsp3) is 0.381. The van der Waals surface area contributed by atoms with E-state index >= 15 is 0 Å². The predicted molar refractivity (Wildman–Crippen MR) is 122 cm³/mol. The molecule has 1 unspecified atom stereocenters. The second-order valence-corrected chi connectivity index (χ2v) is 6.62. The molecule has 0 radical (unpaired) electrons. The first-order chi connectivity index (χ1) is 13.1. The zero-order valence-electron chi connectivity index (χ0n) is 16.5. The lowest BCUT2D eigenvalue weighted by molar-refractivity contribution is 0.0936. The predicted octanol–water partition coefficient (Wildman–Crippen LogP) is 3.60. The third-order valence-electron chi connectivity index (χ3n) is 4.02. The van der Waals surface area contributed by atoms with E-state index in [1.54, 1.807) is 7.05 Å². The fourth-order valence-corrected chi connectivity index (χ4v) is 2.78. The summed E-state index contributed by atoms with van der Waals surface area (Å²) >= 11 is 0. The Kier molecular flexibility index (Phi) is 8.69. The molecule has 0 spiro atoms.